The standard InChI is InChI=1S/C11H14FNO4S/c1-8(5-6-11(14)15)13-18(16,17)10-4-2-3-9(12)7-10/h2-4,7-8,13H,5-6H2,1H3,(H,14,15). The van der Waals surface area contributed by atoms with Crippen LogP contribution in [0.15, 0.2) is 29.2 Å². The van der Waals surface area contributed by atoms with Crippen molar-refractivity contribution in [1.29, 1.82) is 0 Å². The minimum absolute atomic E-state index is 0.132. The molecule has 0 spiro atoms. The van der Waals surface area contributed by atoms with Gasteiger partial charge in [0.2, 0.25) is 10.0 Å². The Bertz CT molecular complexity index is 530. The predicted molar refractivity (Wildman–Crippen MR) is 63.1 cm³/mol. The van der Waals surface area contributed by atoms with Crippen molar-refractivity contribution in [3.05, 3.63) is 30.1 Å². The van der Waals surface area contributed by atoms with Crippen molar-refractivity contribution in [3.8, 4) is 0 Å². The molecule has 0 aromatic heterocycles. The number of aliphatic carboxylic acids is 1. The van der Waals surface area contributed by atoms with E-state index in [0.717, 1.165) is 12.1 Å². The van der Waals surface area contributed by atoms with E-state index in [1.165, 1.54) is 12.1 Å². The van der Waals surface area contributed by atoms with Crippen LogP contribution in [0.3, 0.4) is 0 Å². The summed E-state index contributed by atoms with van der Waals surface area (Å²) >= 11 is 0. The lowest BCUT2D eigenvalue weighted by Gasteiger charge is -2.13. The third-order valence-electron chi connectivity index (χ3n) is 2.25. The average molecular weight is 275 g/mol. The highest BCUT2D eigenvalue weighted by Gasteiger charge is 2.18. The van der Waals surface area contributed by atoms with Crippen molar-refractivity contribution in [3.63, 3.8) is 0 Å². The second-order valence-electron chi connectivity index (χ2n) is 3.91. The molecule has 0 saturated heterocycles. The van der Waals surface area contributed by atoms with E-state index in [1.54, 1.807) is 6.92 Å². The van der Waals surface area contributed by atoms with E-state index in [9.17, 15) is 17.6 Å². The molecule has 5 nitrogen and oxygen atoms in total. The molecule has 2 N–H and O–H groups in total. The first kappa shape index (κ1) is 14.6. The maximum Gasteiger partial charge on any atom is 0.303 e. The lowest BCUT2D eigenvalue weighted by atomic mass is 10.2. The maximum absolute atomic E-state index is 12.9. The minimum atomic E-state index is -3.81. The molecule has 1 aromatic carbocycles. The highest BCUT2D eigenvalue weighted by atomic mass is 32.2. The first-order valence-electron chi connectivity index (χ1n) is 5.31. The van der Waals surface area contributed by atoms with Crippen molar-refractivity contribution in [2.24, 2.45) is 0 Å². The zero-order valence-corrected chi connectivity index (χ0v) is 10.6. The lowest BCUT2D eigenvalue weighted by Crippen LogP contribution is -2.33. The summed E-state index contributed by atoms with van der Waals surface area (Å²) in [5, 5.41) is 8.49. The van der Waals surface area contributed by atoms with E-state index in [2.05, 4.69) is 4.72 Å². The van der Waals surface area contributed by atoms with E-state index < -0.39 is 27.9 Å². The van der Waals surface area contributed by atoms with Crippen LogP contribution in [-0.2, 0) is 14.8 Å². The first-order chi connectivity index (χ1) is 8.31. The Morgan fingerprint density at radius 2 is 2.17 bits per heavy atom. The van der Waals surface area contributed by atoms with E-state index >= 15 is 0 Å². The molecule has 1 unspecified atom stereocenters. The number of carboxylic acids is 1. The van der Waals surface area contributed by atoms with Gasteiger partial charge in [-0.05, 0) is 31.5 Å². The summed E-state index contributed by atoms with van der Waals surface area (Å²) < 4.78 is 38.8. The molecule has 1 atom stereocenters. The smallest absolute Gasteiger partial charge is 0.303 e. The van der Waals surface area contributed by atoms with E-state index in [0.29, 0.717) is 0 Å². The first-order valence-corrected chi connectivity index (χ1v) is 6.79. The Hall–Kier alpha value is -1.47. The molecule has 0 aliphatic heterocycles. The predicted octanol–water partition coefficient (Wildman–Crippen LogP) is 1.36. The Labute approximate surface area is 105 Å². The van der Waals surface area contributed by atoms with Crippen LogP contribution in [0.1, 0.15) is 19.8 Å². The number of hydrogen-bond acceptors (Lipinski definition) is 3. The SMILES string of the molecule is CC(CCC(=O)O)NS(=O)(=O)c1cccc(F)c1. The van der Waals surface area contributed by atoms with Crippen LogP contribution in [0.2, 0.25) is 0 Å². The molecule has 0 amide bonds. The molecule has 7 heteroatoms. The van der Waals surface area contributed by atoms with Gasteiger partial charge in [-0.15, -0.1) is 0 Å². The largest absolute Gasteiger partial charge is 0.481 e. The molecule has 100 valence electrons. The van der Waals surface area contributed by atoms with E-state index in [1.807, 2.05) is 0 Å². The van der Waals surface area contributed by atoms with E-state index in [4.69, 9.17) is 5.11 Å². The average Bonchev–Trinajstić information content (AvgIpc) is 2.26. The van der Waals surface area contributed by atoms with Crippen LogP contribution in [0.5, 0.6) is 0 Å². The van der Waals surface area contributed by atoms with Crippen LogP contribution in [-0.4, -0.2) is 25.5 Å². The summed E-state index contributed by atoms with van der Waals surface area (Å²) in [4.78, 5) is 10.2. The number of nitrogens with one attached hydrogen (secondary N) is 1. The summed E-state index contributed by atoms with van der Waals surface area (Å²) in [5.74, 6) is -1.64. The second-order valence-corrected chi connectivity index (χ2v) is 5.63. The fourth-order valence-corrected chi connectivity index (χ4v) is 2.68. The van der Waals surface area contributed by atoms with Gasteiger partial charge in [-0.2, -0.15) is 0 Å². The van der Waals surface area contributed by atoms with Gasteiger partial charge >= 0.3 is 5.97 Å². The quantitative estimate of drug-likeness (QED) is 0.821. The molecular weight excluding hydrogens is 261 g/mol. The molecular formula is C11H14FNO4S. The van der Waals surface area contributed by atoms with Gasteiger partial charge in [0.25, 0.3) is 0 Å². The third kappa shape index (κ3) is 4.42. The number of hydrogen-bond donors (Lipinski definition) is 2. The molecule has 0 fully saturated rings. The van der Waals surface area contributed by atoms with Gasteiger partial charge < -0.3 is 5.11 Å². The van der Waals surface area contributed by atoms with Crippen LogP contribution in [0, 0.1) is 5.82 Å². The second kappa shape index (κ2) is 5.92. The zero-order chi connectivity index (χ0) is 13.8. The fourth-order valence-electron chi connectivity index (χ4n) is 1.37. The lowest BCUT2D eigenvalue weighted by molar-refractivity contribution is -0.137. The normalized spacial score (nSPS) is 13.2. The minimum Gasteiger partial charge on any atom is -0.481 e. The van der Waals surface area contributed by atoms with Gasteiger partial charge in [0.15, 0.2) is 0 Å². The molecule has 18 heavy (non-hydrogen) atoms. The molecule has 0 heterocycles. The number of sulfonamides is 1. The summed E-state index contributed by atoms with van der Waals surface area (Å²) in [6, 6.07) is 4.09. The Kier molecular flexibility index (Phi) is 4.80. The number of benzene rings is 1. The zero-order valence-electron chi connectivity index (χ0n) is 9.76. The van der Waals surface area contributed by atoms with Gasteiger partial charge in [0.05, 0.1) is 4.90 Å². The summed E-state index contributed by atoms with van der Waals surface area (Å²) in [5.41, 5.74) is 0. The Morgan fingerprint density at radius 1 is 1.50 bits per heavy atom. The van der Waals surface area contributed by atoms with Crippen molar-refractivity contribution < 1.29 is 22.7 Å². The van der Waals surface area contributed by atoms with Gasteiger partial charge in [0.1, 0.15) is 5.82 Å². The molecule has 0 bridgehead atoms. The van der Waals surface area contributed by atoms with Gasteiger partial charge in [0, 0.05) is 12.5 Å². The Morgan fingerprint density at radius 3 is 2.72 bits per heavy atom. The summed E-state index contributed by atoms with van der Waals surface area (Å²) in [6.45, 7) is 1.56. The van der Waals surface area contributed by atoms with E-state index in [-0.39, 0.29) is 17.7 Å². The van der Waals surface area contributed by atoms with Gasteiger partial charge in [-0.1, -0.05) is 6.07 Å². The number of carbonyl (C=O) groups is 1. The van der Waals surface area contributed by atoms with Crippen molar-refractivity contribution in [2.45, 2.75) is 30.7 Å². The molecule has 0 aliphatic carbocycles. The third-order valence-corrected chi connectivity index (χ3v) is 3.84. The summed E-state index contributed by atoms with van der Waals surface area (Å²) in [6.07, 6.45) is 0.0384. The maximum atomic E-state index is 12.9. The van der Waals surface area contributed by atoms with Crippen molar-refractivity contribution in [2.75, 3.05) is 0 Å². The Balaban J connectivity index is 2.73. The molecule has 0 saturated carbocycles. The van der Waals surface area contributed by atoms with Crippen LogP contribution >= 0.6 is 0 Å². The number of halogens is 1. The van der Waals surface area contributed by atoms with Gasteiger partial charge in [-0.3, -0.25) is 4.79 Å². The van der Waals surface area contributed by atoms with Crippen LogP contribution < -0.4 is 4.72 Å². The molecule has 0 radical (unpaired) electrons. The van der Waals surface area contributed by atoms with Crippen molar-refractivity contribution in [1.82, 2.24) is 4.72 Å². The van der Waals surface area contributed by atoms with Gasteiger partial charge in [-0.25, -0.2) is 17.5 Å². The number of carboxylic acid groups (broad SMARTS) is 1. The topological polar surface area (TPSA) is 83.5 Å². The highest BCUT2D eigenvalue weighted by molar-refractivity contribution is 7.89. The number of rotatable bonds is 6. The van der Waals surface area contributed by atoms with Crippen LogP contribution in [0.25, 0.3) is 0 Å². The molecule has 1 rings (SSSR count). The molecule has 1 aromatic rings. The van der Waals surface area contributed by atoms with Crippen molar-refractivity contribution >= 4 is 16.0 Å². The fraction of sp³-hybridized carbons (Fsp3) is 0.364. The van der Waals surface area contributed by atoms with Crippen LogP contribution in [0.4, 0.5) is 4.39 Å². The monoisotopic (exact) mass is 275 g/mol. The highest BCUT2D eigenvalue weighted by Crippen LogP contribution is 2.11. The summed E-state index contributed by atoms with van der Waals surface area (Å²) in [7, 11) is -3.81. The molecule has 0 aliphatic rings.